The fraction of sp³-hybridized carbons (Fsp3) is 0.182. The number of amides is 2. The van der Waals surface area contributed by atoms with Gasteiger partial charge in [-0.15, -0.1) is 0 Å². The van der Waals surface area contributed by atoms with Crippen molar-refractivity contribution in [3.63, 3.8) is 0 Å². The molecule has 0 radical (unpaired) electrons. The lowest BCUT2D eigenvalue weighted by Crippen LogP contribution is -2.33. The Morgan fingerprint density at radius 1 is 0.833 bits per heavy atom. The number of hydrogen-bond acceptors (Lipinski definition) is 4. The van der Waals surface area contributed by atoms with Crippen molar-refractivity contribution in [1.29, 1.82) is 0 Å². The van der Waals surface area contributed by atoms with Crippen LogP contribution in [0.2, 0.25) is 0 Å². The summed E-state index contributed by atoms with van der Waals surface area (Å²) in [6.07, 6.45) is 0. The minimum absolute atomic E-state index is 0.111. The van der Waals surface area contributed by atoms with E-state index in [0.29, 0.717) is 18.7 Å². The molecule has 0 heterocycles. The summed E-state index contributed by atoms with van der Waals surface area (Å²) >= 11 is 0. The van der Waals surface area contributed by atoms with Gasteiger partial charge in [0.1, 0.15) is 0 Å². The third-order valence-electron chi connectivity index (χ3n) is 4.50. The summed E-state index contributed by atoms with van der Waals surface area (Å²) in [5, 5.41) is 7.13. The molecule has 0 unspecified atom stereocenters. The summed E-state index contributed by atoms with van der Waals surface area (Å²) in [5.74, 6) is -0.414. The van der Waals surface area contributed by atoms with Crippen LogP contribution in [0.25, 0.3) is 10.8 Å². The van der Waals surface area contributed by atoms with Gasteiger partial charge in [-0.3, -0.25) is 9.59 Å². The van der Waals surface area contributed by atoms with Gasteiger partial charge < -0.3 is 10.6 Å². The Balaban J connectivity index is 1.58. The molecule has 0 bridgehead atoms. The van der Waals surface area contributed by atoms with E-state index in [-0.39, 0.29) is 23.3 Å². The first-order valence-electron chi connectivity index (χ1n) is 9.45. The fourth-order valence-corrected chi connectivity index (χ4v) is 3.94. The molecule has 7 nitrogen and oxygen atoms in total. The standard InChI is InChI=1S/C22H23N3O4S/c1-16(26)23-12-13-24-22(27)19-8-6-17(7-9-19)15-25-30(28,29)21-11-10-18-4-2-3-5-20(18)14-21/h2-11,14,25H,12-13,15H2,1H3,(H,23,26)(H,24,27). The zero-order chi connectivity index (χ0) is 21.6. The Kier molecular flexibility index (Phi) is 6.81. The van der Waals surface area contributed by atoms with Gasteiger partial charge in [0.25, 0.3) is 5.91 Å². The molecule has 0 aliphatic heterocycles. The van der Waals surface area contributed by atoms with E-state index in [1.165, 1.54) is 6.92 Å². The van der Waals surface area contributed by atoms with Crippen LogP contribution >= 0.6 is 0 Å². The van der Waals surface area contributed by atoms with Crippen LogP contribution in [0.5, 0.6) is 0 Å². The van der Waals surface area contributed by atoms with Gasteiger partial charge >= 0.3 is 0 Å². The van der Waals surface area contributed by atoms with E-state index in [9.17, 15) is 18.0 Å². The van der Waals surface area contributed by atoms with Gasteiger partial charge in [-0.05, 0) is 40.6 Å². The molecule has 3 aromatic carbocycles. The lowest BCUT2D eigenvalue weighted by atomic mass is 10.1. The summed E-state index contributed by atoms with van der Waals surface area (Å²) in [7, 11) is -3.66. The molecule has 3 N–H and O–H groups in total. The maximum Gasteiger partial charge on any atom is 0.251 e. The molecule has 2 amide bonds. The van der Waals surface area contributed by atoms with Gasteiger partial charge in [0.05, 0.1) is 4.90 Å². The summed E-state index contributed by atoms with van der Waals surface area (Å²) in [5.41, 5.74) is 1.19. The molecule has 30 heavy (non-hydrogen) atoms. The fourth-order valence-electron chi connectivity index (χ4n) is 2.89. The van der Waals surface area contributed by atoms with Crippen LogP contribution in [0.15, 0.2) is 71.6 Å². The van der Waals surface area contributed by atoms with Crippen molar-refractivity contribution < 1.29 is 18.0 Å². The molecule has 0 fully saturated rings. The van der Waals surface area contributed by atoms with E-state index < -0.39 is 10.0 Å². The van der Waals surface area contributed by atoms with Gasteiger partial charge in [-0.25, -0.2) is 13.1 Å². The quantitative estimate of drug-likeness (QED) is 0.481. The van der Waals surface area contributed by atoms with Crippen LogP contribution in [-0.4, -0.2) is 33.3 Å². The van der Waals surface area contributed by atoms with E-state index >= 15 is 0 Å². The molecule has 8 heteroatoms. The lowest BCUT2D eigenvalue weighted by molar-refractivity contribution is -0.118. The van der Waals surface area contributed by atoms with E-state index in [2.05, 4.69) is 15.4 Å². The number of fused-ring (bicyclic) bond motifs is 1. The number of carbonyl (C=O) groups is 2. The Hall–Kier alpha value is -3.23. The highest BCUT2D eigenvalue weighted by atomic mass is 32.2. The van der Waals surface area contributed by atoms with Crippen LogP contribution in [0.3, 0.4) is 0 Å². The van der Waals surface area contributed by atoms with Crippen molar-refractivity contribution in [3.8, 4) is 0 Å². The molecule has 0 saturated carbocycles. The number of rotatable bonds is 8. The number of nitrogens with one attached hydrogen (secondary N) is 3. The molecule has 0 aliphatic carbocycles. The highest BCUT2D eigenvalue weighted by Crippen LogP contribution is 2.19. The summed E-state index contributed by atoms with van der Waals surface area (Å²) in [4.78, 5) is 23.1. The molecule has 0 saturated heterocycles. The zero-order valence-electron chi connectivity index (χ0n) is 16.5. The molecule has 156 valence electrons. The van der Waals surface area contributed by atoms with Crippen LogP contribution in [0, 0.1) is 0 Å². The third kappa shape index (κ3) is 5.65. The summed E-state index contributed by atoms with van der Waals surface area (Å²) < 4.78 is 27.8. The van der Waals surface area contributed by atoms with Gasteiger partial charge in [0.2, 0.25) is 15.9 Å². The Labute approximate surface area is 175 Å². The highest BCUT2D eigenvalue weighted by molar-refractivity contribution is 7.89. The topological polar surface area (TPSA) is 104 Å². The SMILES string of the molecule is CC(=O)NCCNC(=O)c1ccc(CNS(=O)(=O)c2ccc3ccccc3c2)cc1. The molecule has 0 spiro atoms. The van der Waals surface area contributed by atoms with Gasteiger partial charge in [0, 0.05) is 32.1 Å². The van der Waals surface area contributed by atoms with E-state index in [4.69, 9.17) is 0 Å². The number of sulfonamides is 1. The summed E-state index contributed by atoms with van der Waals surface area (Å²) in [6, 6.07) is 19.2. The third-order valence-corrected chi connectivity index (χ3v) is 5.90. The maximum absolute atomic E-state index is 12.6. The van der Waals surface area contributed by atoms with E-state index in [1.807, 2.05) is 24.3 Å². The molecule has 3 rings (SSSR count). The second-order valence-corrected chi connectivity index (χ2v) is 8.54. The van der Waals surface area contributed by atoms with Crippen molar-refractivity contribution in [1.82, 2.24) is 15.4 Å². The minimum Gasteiger partial charge on any atom is -0.355 e. The second kappa shape index (κ2) is 9.51. The smallest absolute Gasteiger partial charge is 0.251 e. The zero-order valence-corrected chi connectivity index (χ0v) is 17.3. The first kappa shape index (κ1) is 21.5. The van der Waals surface area contributed by atoms with Crippen molar-refractivity contribution in [3.05, 3.63) is 77.9 Å². The molecule has 0 aliphatic rings. The largest absolute Gasteiger partial charge is 0.355 e. The minimum atomic E-state index is -3.66. The van der Waals surface area contributed by atoms with Gasteiger partial charge in [-0.2, -0.15) is 0 Å². The van der Waals surface area contributed by atoms with Crippen molar-refractivity contribution >= 4 is 32.6 Å². The molecular weight excluding hydrogens is 402 g/mol. The van der Waals surface area contributed by atoms with Crippen LogP contribution < -0.4 is 15.4 Å². The monoisotopic (exact) mass is 425 g/mol. The number of benzene rings is 3. The number of hydrogen-bond donors (Lipinski definition) is 3. The summed E-state index contributed by atoms with van der Waals surface area (Å²) in [6.45, 7) is 2.20. The Bertz CT molecular complexity index is 1160. The Morgan fingerprint density at radius 3 is 2.20 bits per heavy atom. The lowest BCUT2D eigenvalue weighted by Gasteiger charge is -2.09. The average Bonchev–Trinajstić information content (AvgIpc) is 2.75. The van der Waals surface area contributed by atoms with E-state index in [0.717, 1.165) is 16.3 Å². The molecule has 0 aromatic heterocycles. The second-order valence-electron chi connectivity index (χ2n) is 6.77. The Morgan fingerprint density at radius 2 is 1.50 bits per heavy atom. The normalized spacial score (nSPS) is 11.2. The molecule has 0 atom stereocenters. The average molecular weight is 426 g/mol. The van der Waals surface area contributed by atoms with Gasteiger partial charge in [0.15, 0.2) is 0 Å². The van der Waals surface area contributed by atoms with Gasteiger partial charge in [-0.1, -0.05) is 42.5 Å². The predicted octanol–water partition coefficient (Wildman–Crippen LogP) is 2.18. The maximum atomic E-state index is 12.6. The molecular formula is C22H23N3O4S. The highest BCUT2D eigenvalue weighted by Gasteiger charge is 2.14. The van der Waals surface area contributed by atoms with Crippen molar-refractivity contribution in [2.45, 2.75) is 18.4 Å². The van der Waals surface area contributed by atoms with E-state index in [1.54, 1.807) is 42.5 Å². The number of carbonyl (C=O) groups excluding carboxylic acids is 2. The predicted molar refractivity (Wildman–Crippen MR) is 115 cm³/mol. The van der Waals surface area contributed by atoms with Crippen molar-refractivity contribution in [2.75, 3.05) is 13.1 Å². The van der Waals surface area contributed by atoms with Crippen molar-refractivity contribution in [2.24, 2.45) is 0 Å². The first-order valence-corrected chi connectivity index (χ1v) is 10.9. The first-order chi connectivity index (χ1) is 14.3. The van der Waals surface area contributed by atoms with Crippen LogP contribution in [0.4, 0.5) is 0 Å². The van der Waals surface area contributed by atoms with Crippen LogP contribution in [-0.2, 0) is 21.4 Å². The molecule has 3 aromatic rings. The van der Waals surface area contributed by atoms with Crippen LogP contribution in [0.1, 0.15) is 22.8 Å².